The molecule has 2 N–H and O–H groups in total. The molecule has 0 spiro atoms. The number of carbonyl (C=O) groups is 1. The Morgan fingerprint density at radius 2 is 2.00 bits per heavy atom. The maximum Gasteiger partial charge on any atom is 0.286 e. The van der Waals surface area contributed by atoms with Crippen molar-refractivity contribution in [1.82, 2.24) is 9.62 Å². The van der Waals surface area contributed by atoms with Gasteiger partial charge >= 0.3 is 0 Å². The summed E-state index contributed by atoms with van der Waals surface area (Å²) < 4.78 is 44.3. The van der Waals surface area contributed by atoms with Gasteiger partial charge in [0.25, 0.3) is 5.91 Å². The molecule has 2 aliphatic rings. The number of methoxy groups -OCH3 is 1. The van der Waals surface area contributed by atoms with Crippen LogP contribution in [0.3, 0.4) is 0 Å². The van der Waals surface area contributed by atoms with Crippen molar-refractivity contribution in [3.8, 4) is 5.75 Å². The molecule has 1 fully saturated rings. The molecule has 36 heavy (non-hydrogen) atoms. The summed E-state index contributed by atoms with van der Waals surface area (Å²) in [6, 6.07) is 8.27. The summed E-state index contributed by atoms with van der Waals surface area (Å²) >= 11 is 1.58. The molecule has 196 valence electrons. The highest BCUT2D eigenvalue weighted by atomic mass is 32.2. The average molecular weight is 537 g/mol. The average Bonchev–Trinajstić information content (AvgIpc) is 3.40. The molecular weight excluding hydrogens is 504 g/mol. The van der Waals surface area contributed by atoms with Crippen LogP contribution >= 0.6 is 11.3 Å². The van der Waals surface area contributed by atoms with Gasteiger partial charge < -0.3 is 24.6 Å². The molecule has 0 radical (unpaired) electrons. The summed E-state index contributed by atoms with van der Waals surface area (Å²) in [5.74, 6) is 0.476. The Morgan fingerprint density at radius 3 is 2.61 bits per heavy atom. The lowest BCUT2D eigenvalue weighted by Crippen LogP contribution is -2.42. The number of aliphatic hydroxyl groups excluding tert-OH is 1. The van der Waals surface area contributed by atoms with Gasteiger partial charge in [-0.3, -0.25) is 4.79 Å². The van der Waals surface area contributed by atoms with E-state index in [1.165, 1.54) is 23.5 Å². The van der Waals surface area contributed by atoms with E-state index in [0.29, 0.717) is 12.2 Å². The first kappa shape index (κ1) is 26.6. The fraction of sp³-hybridized carbons (Fsp3) is 0.480. The van der Waals surface area contributed by atoms with E-state index in [1.54, 1.807) is 23.5 Å². The fourth-order valence-electron chi connectivity index (χ4n) is 4.09. The maximum atomic E-state index is 13.1. The Hall–Kier alpha value is -2.44. The molecule has 0 bridgehead atoms. The molecule has 2 atom stereocenters. The Bertz CT molecular complexity index is 1130. The highest BCUT2D eigenvalue weighted by molar-refractivity contribution is 7.89. The van der Waals surface area contributed by atoms with Crippen molar-refractivity contribution in [2.45, 2.75) is 48.8 Å². The second-order valence-corrected chi connectivity index (χ2v) is 11.5. The zero-order valence-electron chi connectivity index (χ0n) is 20.2. The maximum absolute atomic E-state index is 13.1. The van der Waals surface area contributed by atoms with Gasteiger partial charge in [0.2, 0.25) is 16.3 Å². The van der Waals surface area contributed by atoms with Crippen LogP contribution in [0.5, 0.6) is 5.75 Å². The van der Waals surface area contributed by atoms with Crippen molar-refractivity contribution in [2.24, 2.45) is 0 Å². The van der Waals surface area contributed by atoms with E-state index >= 15 is 0 Å². The zero-order valence-corrected chi connectivity index (χ0v) is 21.8. The fourth-order valence-corrected chi connectivity index (χ4v) is 6.23. The Labute approximate surface area is 215 Å². The van der Waals surface area contributed by atoms with E-state index < -0.39 is 16.3 Å². The summed E-state index contributed by atoms with van der Waals surface area (Å²) in [5.41, 5.74) is 1.08. The Kier molecular flexibility index (Phi) is 9.02. The van der Waals surface area contributed by atoms with Crippen LogP contribution in [0.1, 0.15) is 37.2 Å². The summed E-state index contributed by atoms with van der Waals surface area (Å²) in [5, 5.41) is 16.5. The van der Waals surface area contributed by atoms with E-state index in [4.69, 9.17) is 14.2 Å². The SMILES string of the molecule is COc1ccc(S(=O)(=O)N(CCO)CCO[C@H]2C[C@@H](c3ccsc3)C=C(C(=O)NC3CCC3)O2)cc1. The van der Waals surface area contributed by atoms with Gasteiger partial charge in [0.05, 0.1) is 25.2 Å². The normalized spacial score (nSPS) is 20.4. The van der Waals surface area contributed by atoms with Crippen molar-refractivity contribution in [2.75, 3.05) is 33.4 Å². The number of nitrogens with one attached hydrogen (secondary N) is 1. The molecule has 2 aromatic rings. The summed E-state index contributed by atoms with van der Waals surface area (Å²) in [6.07, 6.45) is 4.68. The molecule has 1 saturated carbocycles. The van der Waals surface area contributed by atoms with Crippen LogP contribution in [0.15, 0.2) is 57.8 Å². The van der Waals surface area contributed by atoms with Crippen LogP contribution in [0.2, 0.25) is 0 Å². The smallest absolute Gasteiger partial charge is 0.286 e. The van der Waals surface area contributed by atoms with E-state index in [1.807, 2.05) is 22.9 Å². The number of hydrogen-bond acceptors (Lipinski definition) is 8. The number of nitrogens with zero attached hydrogens (tertiary/aromatic N) is 1. The largest absolute Gasteiger partial charge is 0.497 e. The first-order chi connectivity index (χ1) is 17.4. The number of benzene rings is 1. The third kappa shape index (κ3) is 6.46. The van der Waals surface area contributed by atoms with Gasteiger partial charge in [-0.25, -0.2) is 8.42 Å². The molecule has 2 heterocycles. The third-order valence-electron chi connectivity index (χ3n) is 6.38. The van der Waals surface area contributed by atoms with Crippen molar-refractivity contribution in [3.05, 3.63) is 58.5 Å². The predicted molar refractivity (Wildman–Crippen MR) is 135 cm³/mol. The molecule has 1 aromatic carbocycles. The Balaban J connectivity index is 1.40. The molecule has 0 unspecified atom stereocenters. The van der Waals surface area contributed by atoms with Gasteiger partial charge in [-0.2, -0.15) is 15.6 Å². The number of ether oxygens (including phenoxy) is 3. The topological polar surface area (TPSA) is 114 Å². The number of aliphatic hydroxyl groups is 1. The van der Waals surface area contributed by atoms with Crippen LogP contribution in [0.25, 0.3) is 0 Å². The van der Waals surface area contributed by atoms with E-state index in [9.17, 15) is 18.3 Å². The zero-order chi connectivity index (χ0) is 25.5. The highest BCUT2D eigenvalue weighted by Crippen LogP contribution is 2.33. The van der Waals surface area contributed by atoms with Crippen molar-refractivity contribution >= 4 is 27.3 Å². The number of thiophene rings is 1. The molecule has 11 heteroatoms. The second kappa shape index (κ2) is 12.2. The number of allylic oxidation sites excluding steroid dienone is 1. The van der Waals surface area contributed by atoms with Crippen molar-refractivity contribution in [1.29, 1.82) is 0 Å². The van der Waals surface area contributed by atoms with Crippen molar-refractivity contribution in [3.63, 3.8) is 0 Å². The first-order valence-electron chi connectivity index (χ1n) is 12.0. The summed E-state index contributed by atoms with van der Waals surface area (Å²) in [7, 11) is -2.34. The van der Waals surface area contributed by atoms with Crippen LogP contribution in [0.4, 0.5) is 0 Å². The Morgan fingerprint density at radius 1 is 1.22 bits per heavy atom. The van der Waals surface area contributed by atoms with Gasteiger partial charge in [-0.15, -0.1) is 0 Å². The lowest BCUT2D eigenvalue weighted by atomic mass is 9.92. The minimum absolute atomic E-state index is 0.0191. The third-order valence-corrected chi connectivity index (χ3v) is 9.00. The molecule has 0 saturated heterocycles. The minimum atomic E-state index is -3.85. The van der Waals surface area contributed by atoms with Crippen LogP contribution in [-0.4, -0.2) is 69.5 Å². The van der Waals surface area contributed by atoms with Crippen LogP contribution < -0.4 is 10.1 Å². The molecule has 1 aliphatic heterocycles. The van der Waals surface area contributed by atoms with Gasteiger partial charge in [0.15, 0.2) is 5.76 Å². The number of rotatable bonds is 12. The quantitative estimate of drug-likeness (QED) is 0.429. The van der Waals surface area contributed by atoms with Gasteiger partial charge in [0.1, 0.15) is 5.75 Å². The van der Waals surface area contributed by atoms with Gasteiger partial charge in [-0.1, -0.05) is 0 Å². The van der Waals surface area contributed by atoms with Crippen LogP contribution in [0, 0.1) is 0 Å². The van der Waals surface area contributed by atoms with Crippen molar-refractivity contribution < 1.29 is 32.5 Å². The number of sulfonamides is 1. The highest BCUT2D eigenvalue weighted by Gasteiger charge is 2.31. The molecule has 1 aliphatic carbocycles. The molecule has 1 amide bonds. The molecular formula is C25H32N2O7S2. The first-order valence-corrected chi connectivity index (χ1v) is 14.4. The predicted octanol–water partition coefficient (Wildman–Crippen LogP) is 2.84. The van der Waals surface area contributed by atoms with Gasteiger partial charge in [-0.05, 0) is 72.0 Å². The lowest BCUT2D eigenvalue weighted by molar-refractivity contribution is -0.147. The molecule has 9 nitrogen and oxygen atoms in total. The van der Waals surface area contributed by atoms with E-state index in [-0.39, 0.29) is 54.8 Å². The summed E-state index contributed by atoms with van der Waals surface area (Å²) in [6.45, 7) is -0.349. The monoisotopic (exact) mass is 536 g/mol. The second-order valence-electron chi connectivity index (χ2n) is 8.75. The number of amides is 1. The van der Waals surface area contributed by atoms with E-state index in [2.05, 4.69) is 5.32 Å². The lowest BCUT2D eigenvalue weighted by Gasteiger charge is -2.32. The number of hydrogen-bond donors (Lipinski definition) is 2. The minimum Gasteiger partial charge on any atom is -0.497 e. The van der Waals surface area contributed by atoms with E-state index in [0.717, 1.165) is 24.8 Å². The van der Waals surface area contributed by atoms with Crippen LogP contribution in [-0.2, 0) is 24.3 Å². The standard InChI is InChI=1S/C25H32N2O7S2/c1-32-21-5-7-22(8-6-21)36(30,31)27(10-12-28)11-13-33-24-16-19(18-9-14-35-17-18)15-23(34-24)25(29)26-20-3-2-4-20/h5-9,14-15,17,19-20,24,28H,2-4,10-13,16H2,1H3,(H,26,29)/t19-,24+/m0/s1. The number of carbonyl (C=O) groups excluding carboxylic acids is 1. The summed E-state index contributed by atoms with van der Waals surface area (Å²) in [4.78, 5) is 12.9. The van der Waals surface area contributed by atoms with Gasteiger partial charge in [0, 0.05) is 31.5 Å². The molecule has 4 rings (SSSR count). The molecule has 1 aromatic heterocycles.